The van der Waals surface area contributed by atoms with Crippen molar-refractivity contribution in [3.05, 3.63) is 77.3 Å². The summed E-state index contributed by atoms with van der Waals surface area (Å²) in [5.41, 5.74) is 3.77. The number of hydrogen-bond donors (Lipinski definition) is 2. The third kappa shape index (κ3) is 5.49. The Balaban J connectivity index is 1.27. The number of urea groups is 2. The van der Waals surface area contributed by atoms with Crippen molar-refractivity contribution < 1.29 is 27.9 Å². The molecular weight excluding hydrogens is 530 g/mol. The second kappa shape index (κ2) is 10.6. The number of thiophene rings is 1. The smallest absolute Gasteiger partial charge is 0.332 e. The Kier molecular flexibility index (Phi) is 7.09. The molecule has 1 aliphatic heterocycles. The lowest BCUT2D eigenvalue weighted by atomic mass is 10.3. The second-order valence-corrected chi connectivity index (χ2v) is 9.76. The van der Waals surface area contributed by atoms with Gasteiger partial charge in [0.25, 0.3) is 5.91 Å². The number of halogens is 2. The van der Waals surface area contributed by atoms with E-state index in [1.54, 1.807) is 26.2 Å². The quantitative estimate of drug-likeness (QED) is 0.325. The molecule has 3 heterocycles. The number of hydrogen-bond acceptors (Lipinski definition) is 7. The average Bonchev–Trinajstić information content (AvgIpc) is 3.50. The van der Waals surface area contributed by atoms with Crippen LogP contribution >= 0.6 is 11.3 Å². The van der Waals surface area contributed by atoms with Crippen LogP contribution in [-0.4, -0.2) is 60.0 Å². The number of benzene rings is 2. The molecule has 2 N–H and O–H groups in total. The van der Waals surface area contributed by atoms with E-state index in [2.05, 4.69) is 15.7 Å². The van der Waals surface area contributed by atoms with Crippen LogP contribution in [0.2, 0.25) is 0 Å². The highest BCUT2D eigenvalue weighted by Crippen LogP contribution is 2.36. The van der Waals surface area contributed by atoms with Crippen LogP contribution in [0, 0.1) is 11.6 Å². The molecule has 2 aromatic carbocycles. The van der Waals surface area contributed by atoms with Gasteiger partial charge in [0.2, 0.25) is 0 Å². The second-order valence-electron chi connectivity index (χ2n) is 8.71. The molecule has 1 saturated heterocycles. The maximum Gasteiger partial charge on any atom is 0.332 e. The van der Waals surface area contributed by atoms with Gasteiger partial charge in [-0.2, -0.15) is 0 Å². The first kappa shape index (κ1) is 26.0. The van der Waals surface area contributed by atoms with E-state index in [9.17, 15) is 23.2 Å². The van der Waals surface area contributed by atoms with Crippen LogP contribution in [0.25, 0.3) is 10.2 Å². The first-order chi connectivity index (χ1) is 18.7. The number of nitrogens with one attached hydrogen (secondary N) is 2. The molecule has 1 aliphatic rings. The Morgan fingerprint density at radius 1 is 1.03 bits per heavy atom. The van der Waals surface area contributed by atoms with Crippen molar-refractivity contribution in [2.24, 2.45) is 0 Å². The van der Waals surface area contributed by atoms with Crippen molar-refractivity contribution >= 4 is 50.9 Å². The van der Waals surface area contributed by atoms with E-state index >= 15 is 0 Å². The van der Waals surface area contributed by atoms with Crippen molar-refractivity contribution in [3.63, 3.8) is 0 Å². The summed E-state index contributed by atoms with van der Waals surface area (Å²) in [6.07, 6.45) is 1.49. The average molecular weight is 553 g/mol. The third-order valence-electron chi connectivity index (χ3n) is 5.72. The predicted molar refractivity (Wildman–Crippen MR) is 142 cm³/mol. The van der Waals surface area contributed by atoms with Crippen molar-refractivity contribution in [2.75, 3.05) is 37.4 Å². The minimum Gasteiger partial charge on any atom is -0.453 e. The molecule has 0 aliphatic carbocycles. The first-order valence-corrected chi connectivity index (χ1v) is 12.5. The largest absolute Gasteiger partial charge is 0.453 e. The summed E-state index contributed by atoms with van der Waals surface area (Å²) < 4.78 is 34.5. The number of carbonyl (C=O) groups is 3. The Bertz CT molecular complexity index is 1580. The Morgan fingerprint density at radius 3 is 2.51 bits per heavy atom. The van der Waals surface area contributed by atoms with Crippen LogP contribution in [0.5, 0.6) is 11.5 Å². The molecule has 2 aromatic heterocycles. The normalized spacial score (nSPS) is 13.3. The van der Waals surface area contributed by atoms with Gasteiger partial charge in [-0.15, -0.1) is 11.3 Å². The van der Waals surface area contributed by atoms with Gasteiger partial charge in [0.15, 0.2) is 11.6 Å². The highest BCUT2D eigenvalue weighted by atomic mass is 32.1. The fraction of sp³-hybridized carbons (Fsp3) is 0.154. The predicted octanol–water partition coefficient (Wildman–Crippen LogP) is 5.05. The molecule has 0 radical (unpaired) electrons. The van der Waals surface area contributed by atoms with Gasteiger partial charge in [0, 0.05) is 50.3 Å². The molecule has 200 valence electrons. The third-order valence-corrected chi connectivity index (χ3v) is 6.86. The van der Waals surface area contributed by atoms with Gasteiger partial charge >= 0.3 is 12.1 Å². The highest BCUT2D eigenvalue weighted by molar-refractivity contribution is 7.21. The summed E-state index contributed by atoms with van der Waals surface area (Å²) in [6, 6.07) is 11.1. The number of hydrazine groups is 1. The summed E-state index contributed by atoms with van der Waals surface area (Å²) in [6.45, 7) is 0.347. The van der Waals surface area contributed by atoms with Crippen molar-refractivity contribution in [1.82, 2.24) is 20.3 Å². The van der Waals surface area contributed by atoms with E-state index in [0.29, 0.717) is 26.5 Å². The number of aromatic nitrogens is 1. The van der Waals surface area contributed by atoms with E-state index in [-0.39, 0.29) is 30.4 Å². The maximum absolute atomic E-state index is 15.0. The fourth-order valence-corrected chi connectivity index (χ4v) is 4.88. The topological polar surface area (TPSA) is 107 Å². The number of anilines is 2. The van der Waals surface area contributed by atoms with Gasteiger partial charge in [-0.3, -0.25) is 20.1 Å². The lowest BCUT2D eigenvalue weighted by Crippen LogP contribution is -2.39. The number of amides is 5. The molecule has 0 saturated carbocycles. The number of nitrogens with zero attached hydrogens (tertiary/aromatic N) is 4. The molecule has 0 spiro atoms. The van der Waals surface area contributed by atoms with E-state index in [4.69, 9.17) is 4.74 Å². The number of fused-ring (bicyclic) bond motifs is 1. The molecule has 4 aromatic rings. The highest BCUT2D eigenvalue weighted by Gasteiger charge is 2.34. The zero-order chi connectivity index (χ0) is 27.7. The lowest BCUT2D eigenvalue weighted by Gasteiger charge is -2.18. The van der Waals surface area contributed by atoms with Crippen molar-refractivity contribution in [1.29, 1.82) is 0 Å². The minimum atomic E-state index is -0.749. The molecule has 0 atom stereocenters. The van der Waals surface area contributed by atoms with Gasteiger partial charge in [-0.25, -0.2) is 28.3 Å². The summed E-state index contributed by atoms with van der Waals surface area (Å²) in [4.78, 5) is 44.8. The van der Waals surface area contributed by atoms with Crippen LogP contribution in [0.4, 0.5) is 29.7 Å². The first-order valence-electron chi connectivity index (χ1n) is 11.7. The summed E-state index contributed by atoms with van der Waals surface area (Å²) in [5, 5.41) is 4.04. The van der Waals surface area contributed by atoms with E-state index in [1.807, 2.05) is 0 Å². The molecule has 10 nitrogen and oxygen atoms in total. The van der Waals surface area contributed by atoms with Gasteiger partial charge in [0.05, 0.1) is 21.6 Å². The monoisotopic (exact) mass is 552 g/mol. The molecular formula is C26H22F2N6O4S. The van der Waals surface area contributed by atoms with E-state index in [1.165, 1.54) is 52.5 Å². The van der Waals surface area contributed by atoms with Crippen LogP contribution in [-0.2, 0) is 0 Å². The Labute approximate surface area is 225 Å². The standard InChI is InChI=1S/C26H22F2N6O4S/c1-32(2)31-24(35)22-14-19-23(39-22)21(9-10-29-19)38-20-8-5-16(13-18(20)28)30-25(36)34-12-11-33(26(34)37)17-6-3-15(27)4-7-17/h3-10,13-14H,11-12H2,1-2H3,(H,30,36)(H,31,35). The van der Waals surface area contributed by atoms with Gasteiger partial charge in [0.1, 0.15) is 11.6 Å². The minimum absolute atomic E-state index is 0.104. The molecule has 0 bridgehead atoms. The van der Waals surface area contributed by atoms with Crippen molar-refractivity contribution in [2.45, 2.75) is 0 Å². The molecule has 1 fully saturated rings. The maximum atomic E-state index is 15.0. The lowest BCUT2D eigenvalue weighted by molar-refractivity contribution is 0.0861. The number of rotatable bonds is 6. The van der Waals surface area contributed by atoms with E-state index < -0.39 is 23.7 Å². The summed E-state index contributed by atoms with van der Waals surface area (Å²) >= 11 is 1.16. The van der Waals surface area contributed by atoms with Crippen LogP contribution in [0.3, 0.4) is 0 Å². The molecule has 13 heteroatoms. The van der Waals surface area contributed by atoms with Gasteiger partial charge < -0.3 is 10.1 Å². The molecule has 0 unspecified atom stereocenters. The zero-order valence-electron chi connectivity index (χ0n) is 20.8. The number of imide groups is 1. The fourth-order valence-electron chi connectivity index (χ4n) is 3.92. The Morgan fingerprint density at radius 2 is 1.79 bits per heavy atom. The van der Waals surface area contributed by atoms with E-state index in [0.717, 1.165) is 22.3 Å². The van der Waals surface area contributed by atoms with Crippen LogP contribution < -0.4 is 20.4 Å². The van der Waals surface area contributed by atoms with Crippen molar-refractivity contribution in [3.8, 4) is 11.5 Å². The number of ether oxygens (including phenoxy) is 1. The summed E-state index contributed by atoms with van der Waals surface area (Å²) in [5.74, 6) is -1.28. The van der Waals surface area contributed by atoms with Gasteiger partial charge in [-0.05, 0) is 42.5 Å². The molecule has 39 heavy (non-hydrogen) atoms. The molecule has 5 amide bonds. The molecule has 5 rings (SSSR count). The number of pyridine rings is 1. The van der Waals surface area contributed by atoms with Crippen LogP contribution in [0.15, 0.2) is 60.8 Å². The number of carbonyl (C=O) groups excluding carboxylic acids is 3. The SMILES string of the molecule is CN(C)NC(=O)c1cc2nccc(Oc3ccc(NC(=O)N4CCN(c5ccc(F)cc5)C4=O)cc3F)c2s1. The van der Waals surface area contributed by atoms with Crippen LogP contribution in [0.1, 0.15) is 9.67 Å². The Hall–Kier alpha value is -4.62. The van der Waals surface area contributed by atoms with Gasteiger partial charge in [-0.1, -0.05) is 0 Å². The zero-order valence-corrected chi connectivity index (χ0v) is 21.6. The summed E-state index contributed by atoms with van der Waals surface area (Å²) in [7, 11) is 3.39.